The number of rotatable bonds is 10. The van der Waals surface area contributed by atoms with E-state index in [1.807, 2.05) is 20.8 Å². The van der Waals surface area contributed by atoms with Gasteiger partial charge in [0.2, 0.25) is 5.91 Å². The van der Waals surface area contributed by atoms with Crippen molar-refractivity contribution >= 4 is 23.8 Å². The Morgan fingerprint density at radius 2 is 1.76 bits per heavy atom. The number of hydrogen-bond donors (Lipinski definition) is 8. The van der Waals surface area contributed by atoms with E-state index >= 15 is 0 Å². The predicted octanol–water partition coefficient (Wildman–Crippen LogP) is -0.387. The number of carboxylic acids is 1. The number of benzene rings is 1. The van der Waals surface area contributed by atoms with Gasteiger partial charge >= 0.3 is 12.0 Å². The zero-order valence-corrected chi connectivity index (χ0v) is 29.7. The van der Waals surface area contributed by atoms with Gasteiger partial charge in [-0.15, -0.1) is 0 Å². The van der Waals surface area contributed by atoms with Crippen LogP contribution in [0.1, 0.15) is 68.4 Å². The highest BCUT2D eigenvalue weighted by Gasteiger charge is 2.55. The van der Waals surface area contributed by atoms with Crippen molar-refractivity contribution in [2.45, 2.75) is 108 Å². The lowest BCUT2D eigenvalue weighted by molar-refractivity contribution is -0.231. The number of amides is 4. The maximum Gasteiger partial charge on any atom is 0.336 e. The van der Waals surface area contributed by atoms with Gasteiger partial charge < -0.3 is 55.9 Å². The van der Waals surface area contributed by atoms with Crippen molar-refractivity contribution in [3.63, 3.8) is 0 Å². The number of nitrogens with zero attached hydrogens (tertiary/aromatic N) is 2. The molecule has 3 heterocycles. The van der Waals surface area contributed by atoms with Crippen LogP contribution in [0.3, 0.4) is 0 Å². The number of aromatic hydroxyl groups is 1. The maximum atomic E-state index is 13.0. The molecule has 3 aliphatic rings. The second-order valence-corrected chi connectivity index (χ2v) is 15.0. The molecule has 3 saturated heterocycles. The van der Waals surface area contributed by atoms with Crippen molar-refractivity contribution in [2.24, 2.45) is 0 Å². The van der Waals surface area contributed by atoms with Gasteiger partial charge in [0, 0.05) is 63.6 Å². The molecule has 0 unspecified atom stereocenters. The molecule has 50 heavy (non-hydrogen) atoms. The first-order valence-electron chi connectivity index (χ1n) is 17.0. The van der Waals surface area contributed by atoms with Crippen LogP contribution >= 0.6 is 0 Å². The fourth-order valence-corrected chi connectivity index (χ4v) is 7.13. The van der Waals surface area contributed by atoms with E-state index in [1.165, 1.54) is 19.1 Å². The number of ether oxygens (including phenoxy) is 2. The lowest BCUT2D eigenvalue weighted by Gasteiger charge is -2.49. The molecule has 0 saturated carbocycles. The van der Waals surface area contributed by atoms with E-state index < -0.39 is 77.9 Å². The molecule has 0 aliphatic carbocycles. The number of aryl methyl sites for hydroxylation is 2. The molecule has 16 heteroatoms. The molecular weight excluding hydrogens is 654 g/mol. The standard InChI is InChI=1S/C34H53N5O11/c1-19-13-22(14-20(2)26(19)43)29(45)35-16-24(42)27(44)28-25(36-21(3)40)23(41)15-34(50-28,30(46)47)8-10-39-11-12-49-18-33(39)7-9-38(17-33)31(48)37-32(4,5)6/h13-14,23-25,27-28,41-44H,7-12,15-18H2,1-6H3,(H,35,45)(H,36,40)(H,37,48)(H,46,47)/t23-,24+,25+,27+,28+,33-,34+/m0/s1. The van der Waals surface area contributed by atoms with E-state index in [-0.39, 0.29) is 30.3 Å². The first-order valence-corrected chi connectivity index (χ1v) is 17.0. The molecule has 4 amide bonds. The van der Waals surface area contributed by atoms with Gasteiger partial charge in [-0.05, 0) is 64.3 Å². The van der Waals surface area contributed by atoms with Gasteiger partial charge in [-0.25, -0.2) is 9.59 Å². The number of carbonyl (C=O) groups is 4. The van der Waals surface area contributed by atoms with Crippen molar-refractivity contribution in [2.75, 3.05) is 45.9 Å². The van der Waals surface area contributed by atoms with Crippen molar-refractivity contribution in [1.29, 1.82) is 0 Å². The summed E-state index contributed by atoms with van der Waals surface area (Å²) in [6.07, 6.45) is -6.54. The normalized spacial score (nSPS) is 28.6. The zero-order chi connectivity index (χ0) is 37.2. The Morgan fingerprint density at radius 1 is 1.10 bits per heavy atom. The van der Waals surface area contributed by atoms with Crippen molar-refractivity contribution in [3.8, 4) is 5.75 Å². The van der Waals surface area contributed by atoms with Crippen LogP contribution in [0.25, 0.3) is 0 Å². The Balaban J connectivity index is 1.50. The Hall–Kier alpha value is -3.54. The van der Waals surface area contributed by atoms with Crippen LogP contribution in [0.4, 0.5) is 4.79 Å². The minimum absolute atomic E-state index is 0.0495. The number of aliphatic hydroxyl groups is 3. The molecule has 0 radical (unpaired) electrons. The quantitative estimate of drug-likeness (QED) is 0.156. The number of phenolic OH excluding ortho intramolecular Hbond substituents is 1. The van der Waals surface area contributed by atoms with E-state index in [2.05, 4.69) is 20.9 Å². The molecular formula is C34H53N5O11. The average molecular weight is 708 g/mol. The van der Waals surface area contributed by atoms with E-state index in [4.69, 9.17) is 9.47 Å². The molecule has 0 bridgehead atoms. The minimum atomic E-state index is -2.02. The summed E-state index contributed by atoms with van der Waals surface area (Å²) < 4.78 is 12.0. The van der Waals surface area contributed by atoms with Crippen LogP contribution in [0, 0.1) is 13.8 Å². The number of aliphatic carboxylic acids is 1. The molecule has 4 rings (SSSR count). The van der Waals surface area contributed by atoms with Gasteiger partial charge in [-0.1, -0.05) is 0 Å². The fourth-order valence-electron chi connectivity index (χ4n) is 7.13. The van der Waals surface area contributed by atoms with Crippen molar-refractivity contribution < 1.29 is 54.2 Å². The molecule has 1 aromatic carbocycles. The van der Waals surface area contributed by atoms with E-state index in [0.717, 1.165) is 0 Å². The first kappa shape index (κ1) is 39.2. The monoisotopic (exact) mass is 707 g/mol. The largest absolute Gasteiger partial charge is 0.507 e. The van der Waals surface area contributed by atoms with Gasteiger partial charge in [0.05, 0.1) is 37.0 Å². The number of nitrogens with one attached hydrogen (secondary N) is 3. The lowest BCUT2D eigenvalue weighted by atomic mass is 9.81. The SMILES string of the molecule is CC(=O)N[C@H]1[C@H]([C@H](O)[C@H](O)CNC(=O)c2cc(C)c(O)c(C)c2)O[C@@](CCN2CCOC[C@@]23CCN(C(=O)NC(C)(C)C)C3)(C(=O)O)C[C@@H]1O. The van der Waals surface area contributed by atoms with Gasteiger partial charge in [-0.3, -0.25) is 14.5 Å². The van der Waals surface area contributed by atoms with Gasteiger partial charge in [-0.2, -0.15) is 0 Å². The Bertz CT molecular complexity index is 1410. The Morgan fingerprint density at radius 3 is 2.36 bits per heavy atom. The van der Waals surface area contributed by atoms with Crippen LogP contribution in [0.15, 0.2) is 12.1 Å². The molecule has 7 atom stereocenters. The number of carbonyl (C=O) groups excluding carboxylic acids is 3. The lowest BCUT2D eigenvalue weighted by Crippen LogP contribution is -2.68. The number of urea groups is 1. The second-order valence-electron chi connectivity index (χ2n) is 15.0. The summed E-state index contributed by atoms with van der Waals surface area (Å²) in [5.41, 5.74) is -1.85. The van der Waals surface area contributed by atoms with E-state index in [0.29, 0.717) is 50.4 Å². The minimum Gasteiger partial charge on any atom is -0.507 e. The highest BCUT2D eigenvalue weighted by Crippen LogP contribution is 2.38. The number of phenols is 1. The third kappa shape index (κ3) is 8.84. The van der Waals surface area contributed by atoms with Crippen LogP contribution in [0.5, 0.6) is 5.75 Å². The van der Waals surface area contributed by atoms with Crippen LogP contribution < -0.4 is 16.0 Å². The summed E-state index contributed by atoms with van der Waals surface area (Å²) in [5, 5.41) is 62.2. The number of hydrogen-bond acceptors (Lipinski definition) is 11. The Labute approximate surface area is 292 Å². The molecule has 1 aromatic rings. The zero-order valence-electron chi connectivity index (χ0n) is 29.7. The number of morpholine rings is 1. The highest BCUT2D eigenvalue weighted by atomic mass is 16.6. The first-order chi connectivity index (χ1) is 23.3. The van der Waals surface area contributed by atoms with Crippen LogP contribution in [-0.2, 0) is 19.1 Å². The summed E-state index contributed by atoms with van der Waals surface area (Å²) in [5.74, 6) is -2.51. The number of aliphatic hydroxyl groups excluding tert-OH is 3. The van der Waals surface area contributed by atoms with E-state index in [1.54, 1.807) is 18.7 Å². The highest BCUT2D eigenvalue weighted by molar-refractivity contribution is 5.95. The van der Waals surface area contributed by atoms with Gasteiger partial charge in [0.15, 0.2) is 5.60 Å². The topological polar surface area (TPSA) is 230 Å². The molecule has 1 spiro atoms. The third-order valence-electron chi connectivity index (χ3n) is 9.82. The summed E-state index contributed by atoms with van der Waals surface area (Å²) in [7, 11) is 0. The van der Waals surface area contributed by atoms with E-state index in [9.17, 15) is 44.7 Å². The third-order valence-corrected chi connectivity index (χ3v) is 9.82. The van der Waals surface area contributed by atoms with Crippen LogP contribution in [-0.4, -0.2) is 152 Å². The molecule has 0 aromatic heterocycles. The average Bonchev–Trinajstić information content (AvgIpc) is 3.45. The van der Waals surface area contributed by atoms with Gasteiger partial charge in [0.1, 0.15) is 18.0 Å². The predicted molar refractivity (Wildman–Crippen MR) is 180 cm³/mol. The number of likely N-dealkylation sites (tertiary alicyclic amines) is 1. The molecule has 8 N–H and O–H groups in total. The maximum absolute atomic E-state index is 13.0. The van der Waals surface area contributed by atoms with Crippen molar-refractivity contribution in [3.05, 3.63) is 28.8 Å². The fraction of sp³-hybridized carbons (Fsp3) is 0.706. The summed E-state index contributed by atoms with van der Waals surface area (Å²) in [4.78, 5) is 54.7. The molecule has 280 valence electrons. The summed E-state index contributed by atoms with van der Waals surface area (Å²) in [6, 6.07) is 1.46. The molecule has 3 fully saturated rings. The summed E-state index contributed by atoms with van der Waals surface area (Å²) in [6.45, 7) is 11.9. The van der Waals surface area contributed by atoms with Crippen molar-refractivity contribution in [1.82, 2.24) is 25.8 Å². The second kappa shape index (κ2) is 15.4. The molecule has 3 aliphatic heterocycles. The summed E-state index contributed by atoms with van der Waals surface area (Å²) >= 11 is 0. The molecule has 16 nitrogen and oxygen atoms in total. The van der Waals surface area contributed by atoms with Crippen LogP contribution in [0.2, 0.25) is 0 Å². The number of carboxylic acid groups (broad SMARTS) is 1. The van der Waals surface area contributed by atoms with Gasteiger partial charge in [0.25, 0.3) is 5.91 Å². The smallest absolute Gasteiger partial charge is 0.336 e. The Kier molecular flexibility index (Phi) is 12.1.